The number of hydrogen-bond acceptors (Lipinski definition) is 5. The van der Waals surface area contributed by atoms with Crippen molar-refractivity contribution in [2.45, 2.75) is 32.3 Å². The fourth-order valence-corrected chi connectivity index (χ4v) is 4.61. The molecule has 0 radical (unpaired) electrons. The quantitative estimate of drug-likeness (QED) is 0.371. The zero-order valence-electron chi connectivity index (χ0n) is 18.6. The summed E-state index contributed by atoms with van der Waals surface area (Å²) in [6.07, 6.45) is 7.33. The Morgan fingerprint density at radius 2 is 1.79 bits per heavy atom. The van der Waals surface area contributed by atoms with E-state index >= 15 is 0 Å². The van der Waals surface area contributed by atoms with Crippen LogP contribution in [0.3, 0.4) is 0 Å². The molecule has 6 rings (SSSR count). The Bertz CT molecular complexity index is 1400. The molecule has 7 nitrogen and oxygen atoms in total. The van der Waals surface area contributed by atoms with E-state index in [1.165, 1.54) is 24.9 Å². The molecule has 0 amide bonds. The van der Waals surface area contributed by atoms with Crippen LogP contribution in [0, 0.1) is 0 Å². The van der Waals surface area contributed by atoms with Crippen molar-refractivity contribution in [3.05, 3.63) is 66.5 Å². The number of anilines is 1. The minimum absolute atomic E-state index is 0.0831. The largest absolute Gasteiger partial charge is 0.486 e. The van der Waals surface area contributed by atoms with Gasteiger partial charge in [-0.2, -0.15) is 5.10 Å². The van der Waals surface area contributed by atoms with Gasteiger partial charge >= 0.3 is 0 Å². The lowest BCUT2D eigenvalue weighted by molar-refractivity contribution is 0.227. The molecule has 4 heterocycles. The molecule has 1 atom stereocenters. The van der Waals surface area contributed by atoms with Crippen LogP contribution in [0.5, 0.6) is 5.75 Å². The van der Waals surface area contributed by atoms with Crippen LogP contribution >= 0.6 is 0 Å². The lowest BCUT2D eigenvalue weighted by atomic mass is 10.1. The van der Waals surface area contributed by atoms with E-state index in [-0.39, 0.29) is 6.10 Å². The summed E-state index contributed by atoms with van der Waals surface area (Å²) in [4.78, 5) is 14.9. The normalized spacial score (nSPS) is 15.2. The molecule has 2 aromatic carbocycles. The maximum atomic E-state index is 6.21. The van der Waals surface area contributed by atoms with Gasteiger partial charge in [0.25, 0.3) is 0 Å². The standard InChI is InChI=1S/C26H26N6O/c1-17(18-9-11-27-12-10-18)33-20-6-8-22-21(16-20)25(31-30-22)26-28-23-7-5-19(15-24(23)29-26)32-13-3-2-4-14-32/h5-12,15-17H,2-4,13-14H2,1H3,(H,28,29)(H,30,31). The monoisotopic (exact) mass is 438 g/mol. The number of rotatable bonds is 5. The summed E-state index contributed by atoms with van der Waals surface area (Å²) < 4.78 is 6.21. The molecule has 2 N–H and O–H groups in total. The van der Waals surface area contributed by atoms with E-state index in [1.54, 1.807) is 12.4 Å². The number of fused-ring (bicyclic) bond motifs is 2. The van der Waals surface area contributed by atoms with Crippen LogP contribution in [0.1, 0.15) is 37.9 Å². The van der Waals surface area contributed by atoms with Gasteiger partial charge in [-0.05, 0) is 80.3 Å². The highest BCUT2D eigenvalue weighted by Gasteiger charge is 2.16. The van der Waals surface area contributed by atoms with Gasteiger partial charge in [0.2, 0.25) is 0 Å². The summed E-state index contributed by atoms with van der Waals surface area (Å²) in [7, 11) is 0. The number of aromatic nitrogens is 5. The molecule has 166 valence electrons. The van der Waals surface area contributed by atoms with Crippen LogP contribution in [-0.2, 0) is 0 Å². The van der Waals surface area contributed by atoms with Gasteiger partial charge in [-0.15, -0.1) is 0 Å². The molecular formula is C26H26N6O. The molecule has 7 heteroatoms. The summed E-state index contributed by atoms with van der Waals surface area (Å²) in [5.41, 5.74) is 6.05. The van der Waals surface area contributed by atoms with Crippen LogP contribution in [0.2, 0.25) is 0 Å². The van der Waals surface area contributed by atoms with Gasteiger partial charge in [-0.1, -0.05) is 0 Å². The van der Waals surface area contributed by atoms with Gasteiger partial charge in [0.1, 0.15) is 17.5 Å². The second-order valence-corrected chi connectivity index (χ2v) is 8.65. The fraction of sp³-hybridized carbons (Fsp3) is 0.269. The van der Waals surface area contributed by atoms with Crippen LogP contribution in [0.25, 0.3) is 33.5 Å². The molecule has 0 bridgehead atoms. The summed E-state index contributed by atoms with van der Waals surface area (Å²) in [6.45, 7) is 4.28. The number of imidazole rings is 1. The van der Waals surface area contributed by atoms with Crippen LogP contribution in [-0.4, -0.2) is 38.2 Å². The molecule has 0 spiro atoms. The molecule has 1 fully saturated rings. The van der Waals surface area contributed by atoms with E-state index in [0.29, 0.717) is 0 Å². The average molecular weight is 439 g/mol. The molecule has 1 aliphatic rings. The third kappa shape index (κ3) is 3.80. The van der Waals surface area contributed by atoms with Gasteiger partial charge in [0, 0.05) is 36.6 Å². The van der Waals surface area contributed by atoms with Crippen LogP contribution in [0.15, 0.2) is 60.9 Å². The maximum Gasteiger partial charge on any atom is 0.159 e. The Hall–Kier alpha value is -3.87. The van der Waals surface area contributed by atoms with Crippen molar-refractivity contribution in [1.82, 2.24) is 25.1 Å². The second-order valence-electron chi connectivity index (χ2n) is 8.65. The average Bonchev–Trinajstić information content (AvgIpc) is 3.48. The van der Waals surface area contributed by atoms with Crippen molar-refractivity contribution in [3.8, 4) is 17.3 Å². The minimum atomic E-state index is -0.0831. The van der Waals surface area contributed by atoms with Crippen molar-refractivity contribution < 1.29 is 4.74 Å². The molecule has 5 aromatic rings. The van der Waals surface area contributed by atoms with Crippen LogP contribution in [0.4, 0.5) is 5.69 Å². The Morgan fingerprint density at radius 3 is 2.64 bits per heavy atom. The predicted molar refractivity (Wildman–Crippen MR) is 131 cm³/mol. The molecule has 0 aliphatic carbocycles. The Labute approximate surface area is 191 Å². The van der Waals surface area contributed by atoms with Crippen molar-refractivity contribution in [2.75, 3.05) is 18.0 Å². The highest BCUT2D eigenvalue weighted by Crippen LogP contribution is 2.32. The van der Waals surface area contributed by atoms with Crippen LogP contribution < -0.4 is 9.64 Å². The Balaban J connectivity index is 1.32. The maximum absolute atomic E-state index is 6.21. The lowest BCUT2D eigenvalue weighted by Gasteiger charge is -2.28. The number of nitrogens with zero attached hydrogens (tertiary/aromatic N) is 4. The summed E-state index contributed by atoms with van der Waals surface area (Å²) in [5, 5.41) is 8.66. The van der Waals surface area contributed by atoms with Gasteiger partial charge in [0.05, 0.1) is 16.6 Å². The van der Waals surface area contributed by atoms with Crippen molar-refractivity contribution in [1.29, 1.82) is 0 Å². The van der Waals surface area contributed by atoms with Crippen molar-refractivity contribution in [3.63, 3.8) is 0 Å². The first-order chi connectivity index (χ1) is 16.2. The molecule has 1 aliphatic heterocycles. The minimum Gasteiger partial charge on any atom is -0.486 e. The molecule has 3 aromatic heterocycles. The first-order valence-corrected chi connectivity index (χ1v) is 11.5. The van der Waals surface area contributed by atoms with Gasteiger partial charge in [-0.25, -0.2) is 4.98 Å². The second kappa shape index (κ2) is 8.24. The van der Waals surface area contributed by atoms with E-state index in [9.17, 15) is 0 Å². The van der Waals surface area contributed by atoms with Gasteiger partial charge in [-0.3, -0.25) is 10.1 Å². The van der Waals surface area contributed by atoms with E-state index in [4.69, 9.17) is 9.72 Å². The third-order valence-corrected chi connectivity index (χ3v) is 6.43. The summed E-state index contributed by atoms with van der Waals surface area (Å²) in [6, 6.07) is 16.4. The molecule has 1 saturated heterocycles. The summed E-state index contributed by atoms with van der Waals surface area (Å²) >= 11 is 0. The number of aromatic amines is 2. The first kappa shape index (κ1) is 19.8. The topological polar surface area (TPSA) is 82.7 Å². The number of H-pyrrole nitrogens is 2. The number of piperidine rings is 1. The molecular weight excluding hydrogens is 412 g/mol. The Kier molecular flexibility index (Phi) is 4.94. The predicted octanol–water partition coefficient (Wildman–Crippen LogP) is 5.63. The van der Waals surface area contributed by atoms with Crippen molar-refractivity contribution in [2.24, 2.45) is 0 Å². The van der Waals surface area contributed by atoms with Gasteiger partial charge < -0.3 is 14.6 Å². The SMILES string of the molecule is CC(Oc1ccc2[nH]nc(-c3nc4ccc(N5CCCCC5)cc4[nH]3)c2c1)c1ccncc1. The van der Waals surface area contributed by atoms with Gasteiger partial charge in [0.15, 0.2) is 5.82 Å². The molecule has 33 heavy (non-hydrogen) atoms. The third-order valence-electron chi connectivity index (χ3n) is 6.43. The van der Waals surface area contributed by atoms with E-state index in [1.807, 2.05) is 37.3 Å². The number of benzene rings is 2. The summed E-state index contributed by atoms with van der Waals surface area (Å²) in [5.74, 6) is 1.55. The highest BCUT2D eigenvalue weighted by molar-refractivity contribution is 5.94. The number of pyridine rings is 1. The Morgan fingerprint density at radius 1 is 0.939 bits per heavy atom. The first-order valence-electron chi connectivity index (χ1n) is 11.5. The lowest BCUT2D eigenvalue weighted by Crippen LogP contribution is -2.29. The zero-order valence-corrected chi connectivity index (χ0v) is 18.6. The number of nitrogens with one attached hydrogen (secondary N) is 2. The van der Waals surface area contributed by atoms with E-state index < -0.39 is 0 Å². The smallest absolute Gasteiger partial charge is 0.159 e. The molecule has 1 unspecified atom stereocenters. The molecule has 0 saturated carbocycles. The van der Waals surface area contributed by atoms with E-state index in [0.717, 1.165) is 57.9 Å². The number of hydrogen-bond donors (Lipinski definition) is 2. The van der Waals surface area contributed by atoms with Crippen molar-refractivity contribution >= 4 is 27.6 Å². The zero-order chi connectivity index (χ0) is 22.2. The highest BCUT2D eigenvalue weighted by atomic mass is 16.5. The van der Waals surface area contributed by atoms with E-state index in [2.05, 4.69) is 43.3 Å². The number of ether oxygens (including phenoxy) is 1. The fourth-order valence-electron chi connectivity index (χ4n) is 4.61.